The second-order valence-electron chi connectivity index (χ2n) is 11.5. The van der Waals surface area contributed by atoms with Gasteiger partial charge in [0.25, 0.3) is 5.91 Å². The number of halogens is 4. The number of amides is 1. The molecule has 0 saturated carbocycles. The maximum Gasteiger partial charge on any atom is 0.256 e. The van der Waals surface area contributed by atoms with Crippen LogP contribution < -0.4 is 0 Å². The van der Waals surface area contributed by atoms with Crippen LogP contribution >= 0.6 is 23.2 Å². The Labute approximate surface area is 265 Å². The van der Waals surface area contributed by atoms with Gasteiger partial charge < -0.3 is 24.2 Å². The molecule has 3 atom stereocenters. The summed E-state index contributed by atoms with van der Waals surface area (Å²) in [6.45, 7) is 1.92. The number of rotatable bonds is 7. The molecule has 2 aromatic carbocycles. The van der Waals surface area contributed by atoms with Crippen molar-refractivity contribution in [3.8, 4) is 0 Å². The third-order valence-electron chi connectivity index (χ3n) is 8.71. The molecule has 2 fully saturated rings. The summed E-state index contributed by atoms with van der Waals surface area (Å²) < 4.78 is 50.5. The molecule has 0 aliphatic carbocycles. The third-order valence-corrected chi connectivity index (χ3v) is 9.15. The fraction of sp³-hybridized carbons (Fsp3) is 0.433. The normalized spacial score (nSPS) is 24.7. The van der Waals surface area contributed by atoms with E-state index in [1.165, 1.54) is 25.4 Å². The molecule has 4 radical (unpaired) electrons. The summed E-state index contributed by atoms with van der Waals surface area (Å²) in [5.74, 6) is -2.04. The Bertz CT molecular complexity index is 1570. The van der Waals surface area contributed by atoms with Gasteiger partial charge in [-0.25, -0.2) is 18.7 Å². The Morgan fingerprint density at radius 1 is 1.07 bits per heavy atom. The van der Waals surface area contributed by atoms with Crippen LogP contribution in [0.25, 0.3) is 0 Å². The predicted octanol–water partition coefficient (Wildman–Crippen LogP) is 4.26. The monoisotopic (exact) mass is 639 g/mol. The first-order valence-electron chi connectivity index (χ1n) is 14.1. The van der Waals surface area contributed by atoms with Crippen molar-refractivity contribution in [2.24, 2.45) is 0 Å². The molecule has 4 heterocycles. The van der Waals surface area contributed by atoms with Gasteiger partial charge in [0, 0.05) is 61.0 Å². The number of aliphatic hydroxyl groups is 1. The van der Waals surface area contributed by atoms with Crippen molar-refractivity contribution >= 4 is 44.8 Å². The molecule has 14 heteroatoms. The van der Waals surface area contributed by atoms with Gasteiger partial charge in [0.1, 0.15) is 38.6 Å². The largest absolute Gasteiger partial charge is 0.382 e. The van der Waals surface area contributed by atoms with E-state index in [-0.39, 0.29) is 65.8 Å². The minimum Gasteiger partial charge on any atom is -0.382 e. The quantitative estimate of drug-likeness (QED) is 0.386. The molecular formula is C30H27B2Cl2F2N3O5. The number of carbonyl (C=O) groups excluding carboxylic acids is 1. The van der Waals surface area contributed by atoms with Crippen molar-refractivity contribution in [2.45, 2.75) is 54.6 Å². The van der Waals surface area contributed by atoms with E-state index < -0.39 is 40.2 Å². The molecule has 3 aliphatic rings. The van der Waals surface area contributed by atoms with Crippen molar-refractivity contribution < 1.29 is 32.9 Å². The van der Waals surface area contributed by atoms with E-state index in [1.807, 2.05) is 0 Å². The first kappa shape index (κ1) is 31.4. The van der Waals surface area contributed by atoms with Crippen LogP contribution in [0.3, 0.4) is 0 Å². The highest BCUT2D eigenvalue weighted by atomic mass is 35.5. The molecule has 1 amide bonds. The van der Waals surface area contributed by atoms with E-state index in [0.29, 0.717) is 18.1 Å². The molecule has 6 rings (SSSR count). The lowest BCUT2D eigenvalue weighted by atomic mass is 9.59. The third kappa shape index (κ3) is 4.94. The van der Waals surface area contributed by atoms with E-state index in [4.69, 9.17) is 53.1 Å². The van der Waals surface area contributed by atoms with Crippen LogP contribution in [0.4, 0.5) is 8.78 Å². The Hall–Kier alpha value is -2.60. The van der Waals surface area contributed by atoms with Gasteiger partial charge in [-0.05, 0) is 43.2 Å². The van der Waals surface area contributed by atoms with E-state index in [2.05, 4.69) is 9.97 Å². The maximum atomic E-state index is 16.8. The SMILES string of the molecule is [B]C([B])(c1ncc(Cl)cn1)N1C(=O)c2cc(C(C)(O)C3(F)CCOCC3)cc(F)c2[C@]1(O[C@H]1CCOC1)c1ccc(Cl)cc1. The zero-order chi connectivity index (χ0) is 31.5. The minimum atomic E-state index is -2.31. The summed E-state index contributed by atoms with van der Waals surface area (Å²) in [5, 5.41) is 9.83. The molecule has 44 heavy (non-hydrogen) atoms. The van der Waals surface area contributed by atoms with Crippen molar-refractivity contribution in [1.29, 1.82) is 0 Å². The van der Waals surface area contributed by atoms with Gasteiger partial charge >= 0.3 is 0 Å². The Morgan fingerprint density at radius 2 is 1.73 bits per heavy atom. The standard InChI is InChI=1S/C30H27B2Cl2F2N3O5/c1-27(41,28(36)7-10-42-11-8-28)18-12-22-24(23(35)13-18)29(44-21-6-9-43-16-21,17-2-4-19(33)5-3-17)39(25(22)40)30(31,32)26-37-14-20(34)15-38-26/h2-5,12-15,21,41H,6-11,16H2,1H3/t21-,27?,29+/m0/s1. The predicted molar refractivity (Wildman–Crippen MR) is 159 cm³/mol. The highest BCUT2D eigenvalue weighted by molar-refractivity contribution is 6.41. The van der Waals surface area contributed by atoms with E-state index in [9.17, 15) is 9.90 Å². The lowest BCUT2D eigenvalue weighted by molar-refractivity contribution is -0.156. The number of hydrogen-bond acceptors (Lipinski definition) is 7. The van der Waals surface area contributed by atoms with Crippen LogP contribution in [0, 0.1) is 5.82 Å². The fourth-order valence-electron chi connectivity index (χ4n) is 6.24. The lowest BCUT2D eigenvalue weighted by Crippen LogP contribution is -2.60. The summed E-state index contributed by atoms with van der Waals surface area (Å²) >= 11 is 12.2. The summed E-state index contributed by atoms with van der Waals surface area (Å²) in [7, 11) is 13.4. The van der Waals surface area contributed by atoms with E-state index in [0.717, 1.165) is 11.0 Å². The summed E-state index contributed by atoms with van der Waals surface area (Å²) in [6.07, 6.45) is 2.07. The molecule has 2 saturated heterocycles. The fourth-order valence-corrected chi connectivity index (χ4v) is 6.46. The number of hydrogen-bond donors (Lipinski definition) is 1. The van der Waals surface area contributed by atoms with Crippen molar-refractivity contribution in [1.82, 2.24) is 14.9 Å². The Morgan fingerprint density at radius 3 is 2.34 bits per heavy atom. The van der Waals surface area contributed by atoms with Gasteiger partial charge in [-0.15, -0.1) is 0 Å². The number of carbonyl (C=O) groups is 1. The zero-order valence-electron chi connectivity index (χ0n) is 23.7. The van der Waals surface area contributed by atoms with Gasteiger partial charge in [0.05, 0.1) is 28.9 Å². The summed E-state index contributed by atoms with van der Waals surface area (Å²) in [4.78, 5) is 23.9. The van der Waals surface area contributed by atoms with Crippen LogP contribution in [0.1, 0.15) is 59.1 Å². The number of nitrogens with zero attached hydrogens (tertiary/aromatic N) is 3. The molecule has 1 N–H and O–H groups in total. The van der Waals surface area contributed by atoms with Crippen LogP contribution in [0.2, 0.25) is 10.0 Å². The van der Waals surface area contributed by atoms with Crippen molar-refractivity contribution in [3.05, 3.63) is 92.7 Å². The van der Waals surface area contributed by atoms with Gasteiger partial charge in [-0.3, -0.25) is 4.79 Å². The van der Waals surface area contributed by atoms with E-state index >= 15 is 8.78 Å². The molecule has 3 aliphatic heterocycles. The van der Waals surface area contributed by atoms with Crippen LogP contribution in [-0.4, -0.2) is 79.8 Å². The molecular weight excluding hydrogens is 613 g/mol. The lowest BCUT2D eigenvalue weighted by Gasteiger charge is -2.48. The zero-order valence-corrected chi connectivity index (χ0v) is 25.2. The molecule has 8 nitrogen and oxygen atoms in total. The average Bonchev–Trinajstić information content (AvgIpc) is 3.59. The van der Waals surface area contributed by atoms with E-state index in [1.54, 1.807) is 24.3 Å². The van der Waals surface area contributed by atoms with Gasteiger partial charge in [-0.2, -0.15) is 0 Å². The second-order valence-corrected chi connectivity index (χ2v) is 12.3. The first-order chi connectivity index (χ1) is 20.8. The highest BCUT2D eigenvalue weighted by Gasteiger charge is 2.61. The number of alkyl halides is 1. The maximum absolute atomic E-state index is 16.8. The number of aromatic nitrogens is 2. The molecule has 0 bridgehead atoms. The first-order valence-corrected chi connectivity index (χ1v) is 14.8. The van der Waals surface area contributed by atoms with Crippen LogP contribution in [-0.2, 0) is 30.9 Å². The van der Waals surface area contributed by atoms with Gasteiger partial charge in [-0.1, -0.05) is 35.3 Å². The molecule has 0 spiro atoms. The topological polar surface area (TPSA) is 94.0 Å². The Kier molecular flexibility index (Phi) is 8.08. The average molecular weight is 640 g/mol. The molecule has 3 aromatic rings. The highest BCUT2D eigenvalue weighted by Crippen LogP contribution is 2.53. The number of fused-ring (bicyclic) bond motifs is 1. The summed E-state index contributed by atoms with van der Waals surface area (Å²) in [6, 6.07) is 8.50. The molecule has 1 unspecified atom stereocenters. The van der Waals surface area contributed by atoms with Crippen LogP contribution in [0.15, 0.2) is 48.8 Å². The van der Waals surface area contributed by atoms with Crippen molar-refractivity contribution in [2.75, 3.05) is 26.4 Å². The van der Waals surface area contributed by atoms with Crippen molar-refractivity contribution in [3.63, 3.8) is 0 Å². The van der Waals surface area contributed by atoms with Gasteiger partial charge in [0.15, 0.2) is 5.72 Å². The summed E-state index contributed by atoms with van der Waals surface area (Å²) in [5.41, 5.74) is -6.79. The number of benzene rings is 2. The second kappa shape index (κ2) is 11.3. The number of ether oxygens (including phenoxy) is 3. The molecule has 226 valence electrons. The molecule has 1 aromatic heterocycles. The Balaban J connectivity index is 1.62. The minimum absolute atomic E-state index is 0.0771. The van der Waals surface area contributed by atoms with Gasteiger partial charge in [0.2, 0.25) is 0 Å². The smallest absolute Gasteiger partial charge is 0.256 e. The van der Waals surface area contributed by atoms with Crippen LogP contribution in [0.5, 0.6) is 0 Å².